The van der Waals surface area contributed by atoms with E-state index in [4.69, 9.17) is 9.47 Å². The fourth-order valence-corrected chi connectivity index (χ4v) is 10.9. The van der Waals surface area contributed by atoms with Crippen molar-refractivity contribution in [1.82, 2.24) is 0 Å². The molecule has 2 aromatic rings. The van der Waals surface area contributed by atoms with E-state index in [-0.39, 0.29) is 35.0 Å². The highest BCUT2D eigenvalue weighted by molar-refractivity contribution is 5.79. The van der Waals surface area contributed by atoms with Crippen molar-refractivity contribution in [2.24, 2.45) is 46.3 Å². The molecule has 2 aromatic carbocycles. The van der Waals surface area contributed by atoms with Gasteiger partial charge in [0.15, 0.2) is 0 Å². The van der Waals surface area contributed by atoms with Crippen LogP contribution in [0.15, 0.2) is 66.7 Å². The van der Waals surface area contributed by atoms with Crippen LogP contribution >= 0.6 is 0 Å². The summed E-state index contributed by atoms with van der Waals surface area (Å²) in [6.07, 6.45) is 12.4. The van der Waals surface area contributed by atoms with E-state index < -0.39 is 0 Å². The number of ether oxygens (including phenoxy) is 2. The third-order valence-corrected chi connectivity index (χ3v) is 13.0. The second-order valence-electron chi connectivity index (χ2n) is 15.1. The topological polar surface area (TPSA) is 52.6 Å². The van der Waals surface area contributed by atoms with Crippen molar-refractivity contribution < 1.29 is 19.1 Å². The van der Waals surface area contributed by atoms with Crippen LogP contribution in [-0.4, -0.2) is 24.1 Å². The van der Waals surface area contributed by atoms with E-state index in [0.29, 0.717) is 35.5 Å². The summed E-state index contributed by atoms with van der Waals surface area (Å²) < 4.78 is 12.1. The van der Waals surface area contributed by atoms with Crippen molar-refractivity contribution in [2.45, 2.75) is 105 Å². The van der Waals surface area contributed by atoms with Crippen LogP contribution in [0.4, 0.5) is 0 Å². The Morgan fingerprint density at radius 3 is 2.07 bits per heavy atom. The van der Waals surface area contributed by atoms with Crippen LogP contribution in [0.3, 0.4) is 0 Å². The van der Waals surface area contributed by atoms with Gasteiger partial charge in [-0.05, 0) is 115 Å². The Balaban J connectivity index is 1.26. The molecule has 0 saturated heterocycles. The zero-order chi connectivity index (χ0) is 31.1. The summed E-state index contributed by atoms with van der Waals surface area (Å²) in [6, 6.07) is 21.5. The van der Waals surface area contributed by atoms with Gasteiger partial charge in [-0.3, -0.25) is 9.59 Å². The molecule has 4 aliphatic rings. The Kier molecular flexibility index (Phi) is 8.83. The van der Waals surface area contributed by atoms with Gasteiger partial charge in [0.05, 0.1) is 0 Å². The van der Waals surface area contributed by atoms with E-state index >= 15 is 0 Å². The molecule has 0 spiro atoms. The van der Waals surface area contributed by atoms with Crippen LogP contribution in [0.2, 0.25) is 0 Å². The van der Waals surface area contributed by atoms with Crippen molar-refractivity contribution in [2.75, 3.05) is 0 Å². The minimum atomic E-state index is -0.156. The summed E-state index contributed by atoms with van der Waals surface area (Å²) >= 11 is 0. The van der Waals surface area contributed by atoms with Gasteiger partial charge < -0.3 is 9.47 Å². The van der Waals surface area contributed by atoms with Crippen LogP contribution < -0.4 is 0 Å². The molecule has 0 bridgehead atoms. The number of hydrogen-bond acceptors (Lipinski definition) is 4. The number of allylic oxidation sites excluding steroid dienone is 1. The van der Waals surface area contributed by atoms with Crippen molar-refractivity contribution in [3.8, 4) is 0 Å². The second kappa shape index (κ2) is 12.5. The van der Waals surface area contributed by atoms with Gasteiger partial charge in [0.1, 0.15) is 12.2 Å². The molecule has 4 aliphatic carbocycles. The maximum absolute atomic E-state index is 12.6. The third-order valence-electron chi connectivity index (χ3n) is 13.0. The molecule has 0 amide bonds. The fourth-order valence-electron chi connectivity index (χ4n) is 10.9. The highest BCUT2D eigenvalue weighted by Gasteiger charge is 2.65. The summed E-state index contributed by atoms with van der Waals surface area (Å²) in [5.41, 5.74) is 4.01. The predicted molar refractivity (Wildman–Crippen MR) is 175 cm³/mol. The van der Waals surface area contributed by atoms with Gasteiger partial charge >= 0.3 is 11.9 Å². The largest absolute Gasteiger partial charge is 0.463 e. The summed E-state index contributed by atoms with van der Waals surface area (Å²) in [5.74, 6) is 3.07. The zero-order valence-electron chi connectivity index (χ0n) is 27.5. The lowest BCUT2D eigenvalue weighted by atomic mass is 9.43. The molecule has 4 nitrogen and oxygen atoms in total. The quantitative estimate of drug-likeness (QED) is 0.299. The third kappa shape index (κ3) is 5.67. The van der Waals surface area contributed by atoms with Gasteiger partial charge in [0, 0.05) is 19.3 Å². The average Bonchev–Trinajstić information content (AvgIpc) is 3.37. The summed E-state index contributed by atoms with van der Waals surface area (Å²) in [7, 11) is 0. The first kappa shape index (κ1) is 31.1. The Morgan fingerprint density at radius 2 is 1.45 bits per heavy atom. The van der Waals surface area contributed by atoms with Gasteiger partial charge in [-0.2, -0.15) is 0 Å². The first-order valence-corrected chi connectivity index (χ1v) is 17.3. The number of carbonyl (C=O) groups is 2. The van der Waals surface area contributed by atoms with Crippen molar-refractivity contribution in [3.63, 3.8) is 0 Å². The molecule has 6 rings (SSSR count). The van der Waals surface area contributed by atoms with Crippen LogP contribution in [0, 0.1) is 46.3 Å². The molecule has 0 N–H and O–H groups in total. The Bertz CT molecular complexity index is 1310. The lowest BCUT2D eigenvalue weighted by Crippen LogP contribution is -2.59. The normalized spacial score (nSPS) is 36.6. The van der Waals surface area contributed by atoms with E-state index in [2.05, 4.69) is 87.5 Å². The molecule has 0 unspecified atom stereocenters. The molecular formula is C40H52O4. The lowest BCUT2D eigenvalue weighted by Gasteiger charge is -2.62. The minimum absolute atomic E-state index is 0.0160. The summed E-state index contributed by atoms with van der Waals surface area (Å²) in [6.45, 7) is 10.6. The first-order valence-electron chi connectivity index (χ1n) is 17.3. The van der Waals surface area contributed by atoms with E-state index in [0.717, 1.165) is 32.1 Å². The fraction of sp³-hybridized carbons (Fsp3) is 0.600. The van der Waals surface area contributed by atoms with E-state index in [1.165, 1.54) is 49.3 Å². The Hall–Kier alpha value is -2.88. The van der Waals surface area contributed by atoms with E-state index in [1.807, 2.05) is 0 Å². The van der Waals surface area contributed by atoms with Crippen LogP contribution in [0.1, 0.15) is 104 Å². The monoisotopic (exact) mass is 596 g/mol. The molecule has 44 heavy (non-hydrogen) atoms. The SMILES string of the molecule is CC(=O)O[C@H]1CC[C@@]2(C)[C@@H](CC[C@@H]3[C@@H]2C[C@@H](OC(C)=O)[C@]2(C)[C@@H]([C@H](C)CC=C(c4ccccc4)c4ccccc4)CC[C@@H]32)C1. The van der Waals surface area contributed by atoms with Crippen molar-refractivity contribution >= 4 is 17.5 Å². The molecule has 4 fully saturated rings. The number of fused-ring (bicyclic) bond motifs is 5. The summed E-state index contributed by atoms with van der Waals surface area (Å²) in [5, 5.41) is 0. The molecule has 4 heteroatoms. The molecule has 0 aromatic heterocycles. The molecule has 0 heterocycles. The van der Waals surface area contributed by atoms with E-state index in [1.54, 1.807) is 6.92 Å². The standard InChI is InChI=1S/C40H52O4/c1-26(16-18-33(29-12-8-6-9-13-29)30-14-10-7-11-15-30)35-20-21-36-34-19-17-31-24-32(43-27(2)41)22-23-39(31,4)37(34)25-38(40(35,36)5)44-28(3)42/h6-15,18,26,31-32,34-38H,16-17,19-25H2,1-5H3/t26-,31+,32+,34+,35-,36+,37+,38-,39+,40-/m1/s1. The summed E-state index contributed by atoms with van der Waals surface area (Å²) in [4.78, 5) is 24.4. The van der Waals surface area contributed by atoms with Gasteiger partial charge in [-0.1, -0.05) is 87.5 Å². The van der Waals surface area contributed by atoms with Crippen LogP contribution in [0.5, 0.6) is 0 Å². The Labute approximate surface area is 265 Å². The average molecular weight is 597 g/mol. The molecule has 236 valence electrons. The van der Waals surface area contributed by atoms with Gasteiger partial charge in [-0.25, -0.2) is 0 Å². The van der Waals surface area contributed by atoms with Crippen molar-refractivity contribution in [3.05, 3.63) is 77.9 Å². The smallest absolute Gasteiger partial charge is 0.302 e. The molecule has 10 atom stereocenters. The van der Waals surface area contributed by atoms with Crippen LogP contribution in [0.25, 0.3) is 5.57 Å². The van der Waals surface area contributed by atoms with Crippen LogP contribution in [-0.2, 0) is 19.1 Å². The molecule has 4 saturated carbocycles. The molecule has 0 aliphatic heterocycles. The maximum Gasteiger partial charge on any atom is 0.302 e. The highest BCUT2D eigenvalue weighted by atomic mass is 16.5. The Morgan fingerprint density at radius 1 is 0.818 bits per heavy atom. The molecule has 0 radical (unpaired) electrons. The number of hydrogen-bond donors (Lipinski definition) is 0. The maximum atomic E-state index is 12.6. The zero-order valence-corrected chi connectivity index (χ0v) is 27.5. The minimum Gasteiger partial charge on any atom is -0.463 e. The van der Waals surface area contributed by atoms with Gasteiger partial charge in [-0.15, -0.1) is 0 Å². The molecular weight excluding hydrogens is 544 g/mol. The lowest BCUT2D eigenvalue weighted by molar-refractivity contribution is -0.197. The highest BCUT2D eigenvalue weighted by Crippen LogP contribution is 2.69. The number of esters is 2. The number of carbonyl (C=O) groups excluding carboxylic acids is 2. The first-order chi connectivity index (χ1) is 21.1. The van der Waals surface area contributed by atoms with Gasteiger partial charge in [0.2, 0.25) is 0 Å². The number of benzene rings is 2. The van der Waals surface area contributed by atoms with Gasteiger partial charge in [0.25, 0.3) is 0 Å². The second-order valence-corrected chi connectivity index (χ2v) is 15.1. The van der Waals surface area contributed by atoms with Crippen molar-refractivity contribution in [1.29, 1.82) is 0 Å². The number of rotatable bonds is 7. The predicted octanol–water partition coefficient (Wildman–Crippen LogP) is 9.28. The van der Waals surface area contributed by atoms with E-state index in [9.17, 15) is 9.59 Å².